The van der Waals surface area contributed by atoms with Crippen molar-refractivity contribution in [3.05, 3.63) is 58.7 Å². The van der Waals surface area contributed by atoms with E-state index in [1.165, 1.54) is 5.56 Å². The van der Waals surface area contributed by atoms with Crippen LogP contribution in [0.25, 0.3) is 0 Å². The monoisotopic (exact) mass is 342 g/mol. The molecule has 0 aliphatic heterocycles. The molecule has 0 radical (unpaired) electrons. The topological polar surface area (TPSA) is 26.3 Å². The van der Waals surface area contributed by atoms with Crippen molar-refractivity contribution in [2.24, 2.45) is 0 Å². The molecule has 3 heteroatoms. The van der Waals surface area contributed by atoms with E-state index in [0.717, 1.165) is 27.7 Å². The summed E-state index contributed by atoms with van der Waals surface area (Å²) in [6.45, 7) is 13.3. The summed E-state index contributed by atoms with van der Waals surface area (Å²) in [5.74, 6) is 0.878. The first-order chi connectivity index (χ1) is 11.2. The smallest absolute Gasteiger partial charge is 0.185 e. The maximum atomic E-state index is 12.7. The number of hydrogen-bond acceptors (Lipinski definition) is 2. The normalized spacial score (nSPS) is 11.9. The van der Waals surface area contributed by atoms with Gasteiger partial charge in [-0.25, -0.2) is 0 Å². The van der Waals surface area contributed by atoms with Gasteiger partial charge in [0.2, 0.25) is 0 Å². The molecule has 1 atom stereocenters. The van der Waals surface area contributed by atoms with Gasteiger partial charge in [0.05, 0.1) is 6.61 Å². The summed E-state index contributed by atoms with van der Waals surface area (Å²) in [6.07, 6.45) is 0. The molecule has 0 bridgehead atoms. The van der Waals surface area contributed by atoms with Gasteiger partial charge in [-0.05, 0) is 68.9 Å². The number of benzene rings is 2. The number of carbonyl (C=O) groups is 1. The fraction of sp³-hybridized carbons (Fsp3) is 0.381. The Morgan fingerprint density at radius 3 is 2.04 bits per heavy atom. The highest BCUT2D eigenvalue weighted by atomic mass is 31.1. The third-order valence-electron chi connectivity index (χ3n) is 4.07. The molecule has 2 rings (SSSR count). The molecule has 0 spiro atoms. The molecule has 0 N–H and O–H groups in total. The highest BCUT2D eigenvalue weighted by molar-refractivity contribution is 7.66. The minimum atomic E-state index is 0.103. The summed E-state index contributed by atoms with van der Waals surface area (Å²) in [5, 5.41) is 1.13. The summed E-state index contributed by atoms with van der Waals surface area (Å²) in [6, 6.07) is 12.1. The van der Waals surface area contributed by atoms with Gasteiger partial charge in [-0.2, -0.15) is 0 Å². The van der Waals surface area contributed by atoms with Crippen molar-refractivity contribution in [3.63, 3.8) is 0 Å². The molecule has 0 saturated carbocycles. The van der Waals surface area contributed by atoms with Gasteiger partial charge in [-0.1, -0.05) is 45.0 Å². The van der Waals surface area contributed by atoms with E-state index >= 15 is 0 Å². The number of aryl methyl sites for hydroxylation is 2. The second-order valence-electron chi connectivity index (χ2n) is 7.15. The summed E-state index contributed by atoms with van der Waals surface area (Å²) in [5.41, 5.74) is 4.56. The Labute approximate surface area is 147 Å². The Morgan fingerprint density at radius 1 is 1.04 bits per heavy atom. The molecule has 0 fully saturated rings. The lowest BCUT2D eigenvalue weighted by molar-refractivity contribution is 0.108. The predicted octanol–water partition coefficient (Wildman–Crippen LogP) is 5.14. The van der Waals surface area contributed by atoms with Crippen LogP contribution in [0.2, 0.25) is 0 Å². The fourth-order valence-corrected chi connectivity index (χ4v) is 3.75. The SMILES string of the molecule is CCOc1cc(C)c(PC(=O)c2ccc(C(C)(C)C)cc2)c(C)c1. The first-order valence-electron chi connectivity index (χ1n) is 8.38. The van der Waals surface area contributed by atoms with Crippen molar-refractivity contribution >= 4 is 19.4 Å². The highest BCUT2D eigenvalue weighted by Crippen LogP contribution is 2.27. The Balaban J connectivity index is 2.21. The van der Waals surface area contributed by atoms with Gasteiger partial charge >= 0.3 is 0 Å². The van der Waals surface area contributed by atoms with Crippen molar-refractivity contribution < 1.29 is 9.53 Å². The highest BCUT2D eigenvalue weighted by Gasteiger charge is 2.16. The average Bonchev–Trinajstić information content (AvgIpc) is 2.50. The van der Waals surface area contributed by atoms with Gasteiger partial charge < -0.3 is 4.74 Å². The summed E-state index contributed by atoms with van der Waals surface area (Å²) >= 11 is 0. The number of ether oxygens (including phenoxy) is 1. The first kappa shape index (κ1) is 18.7. The second kappa shape index (κ2) is 7.49. The largest absolute Gasteiger partial charge is 0.494 e. The zero-order valence-corrected chi connectivity index (χ0v) is 16.5. The van der Waals surface area contributed by atoms with E-state index in [0.29, 0.717) is 6.61 Å². The van der Waals surface area contributed by atoms with E-state index in [2.05, 4.69) is 32.9 Å². The third kappa shape index (κ3) is 4.45. The third-order valence-corrected chi connectivity index (χ3v) is 5.62. The van der Waals surface area contributed by atoms with Crippen LogP contribution in [0.5, 0.6) is 5.75 Å². The molecule has 2 nitrogen and oxygen atoms in total. The van der Waals surface area contributed by atoms with Crippen molar-refractivity contribution in [2.45, 2.75) is 47.0 Å². The van der Waals surface area contributed by atoms with E-state index < -0.39 is 0 Å². The van der Waals surface area contributed by atoms with Gasteiger partial charge in [-0.15, -0.1) is 0 Å². The van der Waals surface area contributed by atoms with Gasteiger partial charge in [0.25, 0.3) is 0 Å². The summed E-state index contributed by atoms with van der Waals surface area (Å²) < 4.78 is 5.58. The molecule has 0 amide bonds. The number of rotatable bonds is 5. The maximum absolute atomic E-state index is 12.7. The zero-order chi connectivity index (χ0) is 17.9. The second-order valence-corrected chi connectivity index (χ2v) is 8.35. The standard InChI is InChI=1S/C21H27O2P/c1-7-23-18-12-14(2)19(15(3)13-18)24-20(22)16-8-10-17(11-9-16)21(4,5)6/h8-13,24H,7H2,1-6H3. The van der Waals surface area contributed by atoms with Crippen LogP contribution in [0.4, 0.5) is 0 Å². The van der Waals surface area contributed by atoms with Gasteiger partial charge in [-0.3, -0.25) is 4.79 Å². The van der Waals surface area contributed by atoms with Gasteiger partial charge in [0.1, 0.15) is 5.75 Å². The lowest BCUT2D eigenvalue weighted by atomic mass is 9.87. The average molecular weight is 342 g/mol. The molecule has 128 valence electrons. The van der Waals surface area contributed by atoms with Gasteiger partial charge in [0, 0.05) is 5.56 Å². The molecule has 0 aromatic heterocycles. The zero-order valence-electron chi connectivity index (χ0n) is 15.5. The lowest BCUT2D eigenvalue weighted by Gasteiger charge is -2.19. The van der Waals surface area contributed by atoms with Crippen LogP contribution in [0, 0.1) is 13.8 Å². The quantitative estimate of drug-likeness (QED) is 0.703. The maximum Gasteiger partial charge on any atom is 0.185 e. The van der Waals surface area contributed by atoms with Crippen LogP contribution in [-0.4, -0.2) is 12.1 Å². The lowest BCUT2D eigenvalue weighted by Crippen LogP contribution is -2.12. The molecule has 0 aliphatic rings. The van der Waals surface area contributed by atoms with Gasteiger partial charge in [0.15, 0.2) is 5.52 Å². The molecule has 0 heterocycles. The van der Waals surface area contributed by atoms with Crippen LogP contribution < -0.4 is 10.0 Å². The van der Waals surface area contributed by atoms with Crippen molar-refractivity contribution in [3.8, 4) is 5.75 Å². The van der Waals surface area contributed by atoms with Crippen LogP contribution in [0.15, 0.2) is 36.4 Å². The minimum Gasteiger partial charge on any atom is -0.494 e. The molecule has 24 heavy (non-hydrogen) atoms. The fourth-order valence-electron chi connectivity index (χ4n) is 2.68. The van der Waals surface area contributed by atoms with Crippen LogP contribution in [-0.2, 0) is 5.41 Å². The molecular weight excluding hydrogens is 315 g/mol. The Morgan fingerprint density at radius 2 is 1.58 bits per heavy atom. The van der Waals surface area contributed by atoms with Crippen molar-refractivity contribution in [1.29, 1.82) is 0 Å². The van der Waals surface area contributed by atoms with Crippen LogP contribution >= 0.6 is 8.58 Å². The molecule has 2 aromatic rings. The van der Waals surface area contributed by atoms with Crippen molar-refractivity contribution in [1.82, 2.24) is 0 Å². The Kier molecular flexibility index (Phi) is 5.83. The Bertz CT molecular complexity index is 701. The van der Waals surface area contributed by atoms with Crippen molar-refractivity contribution in [2.75, 3.05) is 6.61 Å². The van der Waals surface area contributed by atoms with E-state index in [1.54, 1.807) is 0 Å². The predicted molar refractivity (Wildman–Crippen MR) is 105 cm³/mol. The van der Waals surface area contributed by atoms with E-state index in [1.807, 2.05) is 45.0 Å². The summed E-state index contributed by atoms with van der Waals surface area (Å²) in [4.78, 5) is 12.7. The van der Waals surface area contributed by atoms with E-state index in [4.69, 9.17) is 4.74 Å². The molecular formula is C21H27O2P. The summed E-state index contributed by atoms with van der Waals surface area (Å²) in [7, 11) is 0.141. The number of hydrogen-bond donors (Lipinski definition) is 0. The molecule has 1 unspecified atom stereocenters. The first-order valence-corrected chi connectivity index (χ1v) is 9.38. The van der Waals surface area contributed by atoms with Crippen LogP contribution in [0.3, 0.4) is 0 Å². The minimum absolute atomic E-state index is 0.103. The molecule has 0 aliphatic carbocycles. The molecule has 0 saturated heterocycles. The van der Waals surface area contributed by atoms with E-state index in [-0.39, 0.29) is 19.5 Å². The molecule has 2 aromatic carbocycles. The van der Waals surface area contributed by atoms with Crippen LogP contribution in [0.1, 0.15) is 54.7 Å². The van der Waals surface area contributed by atoms with E-state index in [9.17, 15) is 4.79 Å². The number of carbonyl (C=O) groups excluding carboxylic acids is 1. The Hall–Kier alpha value is -1.66.